The third-order valence-electron chi connectivity index (χ3n) is 6.19. The number of anilines is 1. The summed E-state index contributed by atoms with van der Waals surface area (Å²) in [5.41, 5.74) is 3.35. The zero-order chi connectivity index (χ0) is 22.2. The number of fused-ring (bicyclic) bond motifs is 1. The molecule has 1 aliphatic carbocycles. The Labute approximate surface area is 182 Å². The van der Waals surface area contributed by atoms with Gasteiger partial charge in [0.05, 0.1) is 11.8 Å². The van der Waals surface area contributed by atoms with Crippen molar-refractivity contribution in [3.8, 4) is 17.2 Å². The van der Waals surface area contributed by atoms with Crippen LogP contribution in [0.3, 0.4) is 0 Å². The highest BCUT2D eigenvalue weighted by Gasteiger charge is 2.32. The van der Waals surface area contributed by atoms with E-state index in [1.807, 2.05) is 4.68 Å². The molecular weight excluding hydrogens is 392 g/mol. The molecule has 1 aliphatic heterocycles. The Bertz CT molecular complexity index is 1060. The highest BCUT2D eigenvalue weighted by molar-refractivity contribution is 5.92. The second-order valence-electron chi connectivity index (χ2n) is 9.48. The third-order valence-corrected chi connectivity index (χ3v) is 6.19. The second kappa shape index (κ2) is 8.14. The average molecular weight is 421 g/mol. The zero-order valence-electron chi connectivity index (χ0n) is 18.2. The monoisotopic (exact) mass is 420 g/mol. The lowest BCUT2D eigenvalue weighted by molar-refractivity contribution is -0.123. The highest BCUT2D eigenvalue weighted by atomic mass is 16.2. The first-order valence-electron chi connectivity index (χ1n) is 10.8. The molecule has 0 saturated heterocycles. The van der Waals surface area contributed by atoms with Crippen molar-refractivity contribution >= 4 is 17.6 Å². The van der Waals surface area contributed by atoms with Gasteiger partial charge in [-0.15, -0.1) is 0 Å². The Morgan fingerprint density at radius 3 is 2.81 bits per heavy atom. The molecule has 3 heterocycles. The van der Waals surface area contributed by atoms with Gasteiger partial charge in [0.1, 0.15) is 11.9 Å². The van der Waals surface area contributed by atoms with Crippen LogP contribution in [0.5, 0.6) is 0 Å². The summed E-state index contributed by atoms with van der Waals surface area (Å²) >= 11 is 0. The smallest absolute Gasteiger partial charge is 0.228 e. The summed E-state index contributed by atoms with van der Waals surface area (Å²) in [6.07, 6.45) is 7.39. The number of hydrogen-bond acceptors (Lipinski definition) is 5. The van der Waals surface area contributed by atoms with Crippen LogP contribution in [0, 0.1) is 22.7 Å². The maximum Gasteiger partial charge on any atom is 0.228 e. The standard InChI is InChI=1S/C23H28N6O2/c1-14(30)27-17-6-4-5-15(7-17)22(31)28-21-8-18(16(10-24)11-25-21)19-12-26-29-13-23(2,3)9-20(19)29/h8,11-12,15,17H,4-7,9,13H2,1-3H3,(H,27,30)(H,25,28,31)/t15-,17?/m1/s1. The van der Waals surface area contributed by atoms with Crippen molar-refractivity contribution in [1.29, 1.82) is 5.26 Å². The van der Waals surface area contributed by atoms with E-state index in [9.17, 15) is 14.9 Å². The Hall–Kier alpha value is -3.21. The van der Waals surface area contributed by atoms with Crippen molar-refractivity contribution in [2.75, 3.05) is 5.32 Å². The number of amides is 2. The average Bonchev–Trinajstić information content (AvgIpc) is 3.22. The van der Waals surface area contributed by atoms with E-state index in [-0.39, 0.29) is 29.2 Å². The van der Waals surface area contributed by atoms with Crippen molar-refractivity contribution < 1.29 is 9.59 Å². The van der Waals surface area contributed by atoms with Gasteiger partial charge in [0, 0.05) is 48.4 Å². The van der Waals surface area contributed by atoms with Crippen LogP contribution in [-0.2, 0) is 22.6 Å². The minimum absolute atomic E-state index is 0.0323. The number of hydrogen-bond donors (Lipinski definition) is 2. The van der Waals surface area contributed by atoms with Crippen LogP contribution in [0.2, 0.25) is 0 Å². The van der Waals surface area contributed by atoms with Gasteiger partial charge in [-0.1, -0.05) is 20.3 Å². The van der Waals surface area contributed by atoms with Crippen molar-refractivity contribution in [3.05, 3.63) is 29.7 Å². The number of nitriles is 1. The molecule has 2 amide bonds. The van der Waals surface area contributed by atoms with Gasteiger partial charge in [-0.05, 0) is 37.2 Å². The summed E-state index contributed by atoms with van der Waals surface area (Å²) in [5, 5.41) is 20.0. The predicted octanol–water partition coefficient (Wildman–Crippen LogP) is 3.03. The molecule has 1 saturated carbocycles. The molecule has 8 nitrogen and oxygen atoms in total. The predicted molar refractivity (Wildman–Crippen MR) is 116 cm³/mol. The van der Waals surface area contributed by atoms with Crippen LogP contribution >= 0.6 is 0 Å². The SMILES string of the molecule is CC(=O)NC1CCC[C@@H](C(=O)Nc2cc(-c3cnn4c3CC(C)(C)C4)c(C#N)cn2)C1. The second-order valence-corrected chi connectivity index (χ2v) is 9.48. The molecule has 2 atom stereocenters. The van der Waals surface area contributed by atoms with E-state index in [4.69, 9.17) is 0 Å². The van der Waals surface area contributed by atoms with E-state index >= 15 is 0 Å². The molecule has 31 heavy (non-hydrogen) atoms. The van der Waals surface area contributed by atoms with Gasteiger partial charge in [0.25, 0.3) is 0 Å². The summed E-state index contributed by atoms with van der Waals surface area (Å²) < 4.78 is 2.00. The largest absolute Gasteiger partial charge is 0.354 e. The van der Waals surface area contributed by atoms with E-state index in [2.05, 4.69) is 40.6 Å². The summed E-state index contributed by atoms with van der Waals surface area (Å²) in [4.78, 5) is 28.5. The molecule has 0 spiro atoms. The van der Waals surface area contributed by atoms with Gasteiger partial charge in [-0.25, -0.2) is 4.98 Å². The Morgan fingerprint density at radius 1 is 1.26 bits per heavy atom. The van der Waals surface area contributed by atoms with Crippen molar-refractivity contribution in [2.45, 2.75) is 65.5 Å². The summed E-state index contributed by atoms with van der Waals surface area (Å²) in [7, 11) is 0. The molecular formula is C23H28N6O2. The normalized spacial score (nSPS) is 21.7. The molecule has 162 valence electrons. The van der Waals surface area contributed by atoms with Crippen LogP contribution in [-0.4, -0.2) is 32.6 Å². The topological polar surface area (TPSA) is 113 Å². The van der Waals surface area contributed by atoms with E-state index in [0.29, 0.717) is 17.8 Å². The van der Waals surface area contributed by atoms with Gasteiger partial charge in [0.2, 0.25) is 11.8 Å². The van der Waals surface area contributed by atoms with E-state index in [0.717, 1.165) is 49.0 Å². The van der Waals surface area contributed by atoms with E-state index in [1.54, 1.807) is 12.3 Å². The lowest BCUT2D eigenvalue weighted by Gasteiger charge is -2.28. The molecule has 8 heteroatoms. The fourth-order valence-corrected chi connectivity index (χ4v) is 4.78. The number of aromatic nitrogens is 3. The van der Waals surface area contributed by atoms with Crippen molar-refractivity contribution in [3.63, 3.8) is 0 Å². The number of nitrogens with one attached hydrogen (secondary N) is 2. The molecule has 4 rings (SSSR count). The molecule has 2 aromatic rings. The molecule has 0 aromatic carbocycles. The lowest BCUT2D eigenvalue weighted by Crippen LogP contribution is -2.40. The number of rotatable bonds is 4. The lowest BCUT2D eigenvalue weighted by atomic mass is 9.85. The van der Waals surface area contributed by atoms with Crippen molar-refractivity contribution in [2.24, 2.45) is 11.3 Å². The number of nitrogens with zero attached hydrogens (tertiary/aromatic N) is 4. The Morgan fingerprint density at radius 2 is 2.06 bits per heavy atom. The maximum atomic E-state index is 12.9. The van der Waals surface area contributed by atoms with Gasteiger partial charge >= 0.3 is 0 Å². The van der Waals surface area contributed by atoms with Gasteiger partial charge in [-0.2, -0.15) is 10.4 Å². The minimum atomic E-state index is -0.173. The maximum absolute atomic E-state index is 12.9. The van der Waals surface area contributed by atoms with Gasteiger partial charge < -0.3 is 10.6 Å². The highest BCUT2D eigenvalue weighted by Crippen LogP contribution is 2.38. The summed E-state index contributed by atoms with van der Waals surface area (Å²) in [6.45, 7) is 6.75. The Kier molecular flexibility index (Phi) is 5.52. The van der Waals surface area contributed by atoms with Crippen molar-refractivity contribution in [1.82, 2.24) is 20.1 Å². The van der Waals surface area contributed by atoms with Crippen LogP contribution in [0.4, 0.5) is 5.82 Å². The molecule has 2 aliphatic rings. The Balaban J connectivity index is 1.55. The van der Waals surface area contributed by atoms with Crippen LogP contribution in [0.15, 0.2) is 18.5 Å². The molecule has 2 aromatic heterocycles. The molecule has 0 radical (unpaired) electrons. The number of pyridine rings is 1. The van der Waals surface area contributed by atoms with E-state index in [1.165, 1.54) is 13.1 Å². The quantitative estimate of drug-likeness (QED) is 0.789. The number of carbonyl (C=O) groups excluding carboxylic acids is 2. The number of carbonyl (C=O) groups is 2. The van der Waals surface area contributed by atoms with Gasteiger partial charge in [-0.3, -0.25) is 14.3 Å². The van der Waals surface area contributed by atoms with Crippen LogP contribution in [0.25, 0.3) is 11.1 Å². The molecule has 1 unspecified atom stereocenters. The summed E-state index contributed by atoms with van der Waals surface area (Å²) in [5.74, 6) is 0.0893. The fraction of sp³-hybridized carbons (Fsp3) is 0.522. The first-order chi connectivity index (χ1) is 14.8. The zero-order valence-corrected chi connectivity index (χ0v) is 18.2. The van der Waals surface area contributed by atoms with Crippen LogP contribution in [0.1, 0.15) is 57.7 Å². The van der Waals surface area contributed by atoms with E-state index < -0.39 is 0 Å². The third kappa shape index (κ3) is 4.46. The molecule has 1 fully saturated rings. The molecule has 2 N–H and O–H groups in total. The summed E-state index contributed by atoms with van der Waals surface area (Å²) in [6, 6.07) is 4.02. The minimum Gasteiger partial charge on any atom is -0.354 e. The fourth-order valence-electron chi connectivity index (χ4n) is 4.78. The van der Waals surface area contributed by atoms with Gasteiger partial charge in [0.15, 0.2) is 0 Å². The first kappa shape index (κ1) is 21.0. The van der Waals surface area contributed by atoms with Crippen LogP contribution < -0.4 is 10.6 Å². The first-order valence-corrected chi connectivity index (χ1v) is 10.8. The molecule has 0 bridgehead atoms.